The fourth-order valence-electron chi connectivity index (χ4n) is 2.27. The van der Waals surface area contributed by atoms with Crippen molar-refractivity contribution >= 4 is 11.7 Å². The standard InChI is InChI=1S/C19H23FN2O2/c1-14-5-10-18(15(2)13-14)22-19(23)21-11-3-4-12-24-17-8-6-16(20)7-9-17/h5-10,13H,3-4,11-12H2,1-2H3,(H2,21,22,23). The first kappa shape index (κ1) is 17.8. The van der Waals surface area contributed by atoms with Crippen LogP contribution in [0, 0.1) is 19.7 Å². The van der Waals surface area contributed by atoms with Gasteiger partial charge in [-0.05, 0) is 62.6 Å². The van der Waals surface area contributed by atoms with Crippen molar-refractivity contribution in [3.8, 4) is 5.75 Å². The Morgan fingerprint density at radius 1 is 1.08 bits per heavy atom. The van der Waals surface area contributed by atoms with E-state index in [0.717, 1.165) is 24.1 Å². The highest BCUT2D eigenvalue weighted by Gasteiger charge is 2.03. The lowest BCUT2D eigenvalue weighted by atomic mass is 10.1. The summed E-state index contributed by atoms with van der Waals surface area (Å²) in [5.74, 6) is 0.373. The highest BCUT2D eigenvalue weighted by atomic mass is 19.1. The fourth-order valence-corrected chi connectivity index (χ4v) is 2.27. The molecule has 0 unspecified atom stereocenters. The highest BCUT2D eigenvalue weighted by molar-refractivity contribution is 5.90. The molecule has 0 aliphatic carbocycles. The van der Waals surface area contributed by atoms with Gasteiger partial charge in [0.15, 0.2) is 0 Å². The molecule has 2 rings (SSSR count). The van der Waals surface area contributed by atoms with Crippen LogP contribution >= 0.6 is 0 Å². The molecule has 0 bridgehead atoms. The van der Waals surface area contributed by atoms with Crippen LogP contribution < -0.4 is 15.4 Å². The fraction of sp³-hybridized carbons (Fsp3) is 0.316. The molecular weight excluding hydrogens is 307 g/mol. The third-order valence-electron chi connectivity index (χ3n) is 3.57. The van der Waals surface area contributed by atoms with Crippen molar-refractivity contribution in [1.82, 2.24) is 5.32 Å². The van der Waals surface area contributed by atoms with Crippen LogP contribution in [0.5, 0.6) is 5.75 Å². The number of rotatable bonds is 7. The van der Waals surface area contributed by atoms with Crippen molar-refractivity contribution in [3.05, 3.63) is 59.4 Å². The van der Waals surface area contributed by atoms with E-state index in [-0.39, 0.29) is 11.8 Å². The summed E-state index contributed by atoms with van der Waals surface area (Å²) in [7, 11) is 0. The molecule has 2 aromatic rings. The van der Waals surface area contributed by atoms with Crippen molar-refractivity contribution in [1.29, 1.82) is 0 Å². The molecule has 0 radical (unpaired) electrons. The Hall–Kier alpha value is -2.56. The van der Waals surface area contributed by atoms with E-state index >= 15 is 0 Å². The average molecular weight is 330 g/mol. The number of hydrogen-bond donors (Lipinski definition) is 2. The van der Waals surface area contributed by atoms with Gasteiger partial charge in [0.05, 0.1) is 6.61 Å². The average Bonchev–Trinajstić information content (AvgIpc) is 2.55. The lowest BCUT2D eigenvalue weighted by Gasteiger charge is -2.10. The minimum absolute atomic E-state index is 0.207. The minimum Gasteiger partial charge on any atom is -0.494 e. The van der Waals surface area contributed by atoms with Crippen LogP contribution in [-0.4, -0.2) is 19.2 Å². The highest BCUT2D eigenvalue weighted by Crippen LogP contribution is 2.15. The summed E-state index contributed by atoms with van der Waals surface area (Å²) >= 11 is 0. The zero-order valence-electron chi connectivity index (χ0n) is 14.1. The monoisotopic (exact) mass is 330 g/mol. The lowest BCUT2D eigenvalue weighted by molar-refractivity contribution is 0.251. The van der Waals surface area contributed by atoms with E-state index in [2.05, 4.69) is 10.6 Å². The molecule has 4 nitrogen and oxygen atoms in total. The number of halogens is 1. The van der Waals surface area contributed by atoms with Crippen molar-refractivity contribution in [2.24, 2.45) is 0 Å². The molecular formula is C19H23FN2O2. The quantitative estimate of drug-likeness (QED) is 0.738. The largest absolute Gasteiger partial charge is 0.494 e. The SMILES string of the molecule is Cc1ccc(NC(=O)NCCCCOc2ccc(F)cc2)c(C)c1. The summed E-state index contributed by atoms with van der Waals surface area (Å²) in [4.78, 5) is 11.8. The second-order valence-corrected chi connectivity index (χ2v) is 5.71. The van der Waals surface area contributed by atoms with Gasteiger partial charge < -0.3 is 15.4 Å². The van der Waals surface area contributed by atoms with Gasteiger partial charge in [-0.1, -0.05) is 17.7 Å². The molecule has 2 N–H and O–H groups in total. The Balaban J connectivity index is 1.60. The maximum atomic E-state index is 12.8. The Labute approximate surface area is 142 Å². The predicted octanol–water partition coefficient (Wildman–Crippen LogP) is 4.42. The molecule has 2 amide bonds. The minimum atomic E-state index is -0.277. The molecule has 128 valence electrons. The Bertz CT molecular complexity index is 672. The molecule has 0 heterocycles. The van der Waals surface area contributed by atoms with Gasteiger partial charge in [-0.2, -0.15) is 0 Å². The first-order valence-electron chi connectivity index (χ1n) is 8.05. The number of nitrogens with one attached hydrogen (secondary N) is 2. The Morgan fingerprint density at radius 3 is 2.54 bits per heavy atom. The van der Waals surface area contributed by atoms with Gasteiger partial charge in [0.1, 0.15) is 11.6 Å². The second-order valence-electron chi connectivity index (χ2n) is 5.71. The van der Waals surface area contributed by atoms with Crippen LogP contribution in [0.15, 0.2) is 42.5 Å². The summed E-state index contributed by atoms with van der Waals surface area (Å²) in [6, 6.07) is 11.6. The van der Waals surface area contributed by atoms with E-state index in [1.807, 2.05) is 32.0 Å². The maximum absolute atomic E-state index is 12.8. The number of aryl methyl sites for hydroxylation is 2. The van der Waals surface area contributed by atoms with E-state index in [1.54, 1.807) is 12.1 Å². The second kappa shape index (κ2) is 8.91. The number of unbranched alkanes of at least 4 members (excludes halogenated alkanes) is 1. The van der Waals surface area contributed by atoms with Crippen LogP contribution in [0.2, 0.25) is 0 Å². The molecule has 0 aliphatic rings. The van der Waals surface area contributed by atoms with Gasteiger partial charge in [0.2, 0.25) is 0 Å². The molecule has 24 heavy (non-hydrogen) atoms. The van der Waals surface area contributed by atoms with Crippen LogP contribution in [0.3, 0.4) is 0 Å². The summed E-state index contributed by atoms with van der Waals surface area (Å²) in [6.45, 7) is 5.09. The number of amides is 2. The summed E-state index contributed by atoms with van der Waals surface area (Å²) in [6.07, 6.45) is 1.61. The zero-order chi connectivity index (χ0) is 17.4. The summed E-state index contributed by atoms with van der Waals surface area (Å²) < 4.78 is 18.2. The first-order chi connectivity index (χ1) is 11.5. The first-order valence-corrected chi connectivity index (χ1v) is 8.05. The number of anilines is 1. The van der Waals surface area contributed by atoms with E-state index < -0.39 is 0 Å². The van der Waals surface area contributed by atoms with Crippen LogP contribution in [0.1, 0.15) is 24.0 Å². The van der Waals surface area contributed by atoms with Gasteiger partial charge in [-0.25, -0.2) is 9.18 Å². The van der Waals surface area contributed by atoms with Crippen molar-refractivity contribution in [2.45, 2.75) is 26.7 Å². The third-order valence-corrected chi connectivity index (χ3v) is 3.57. The Kier molecular flexibility index (Phi) is 6.61. The van der Waals surface area contributed by atoms with E-state index in [0.29, 0.717) is 18.9 Å². The molecule has 0 aliphatic heterocycles. The number of carbonyl (C=O) groups excluding carboxylic acids is 1. The normalized spacial score (nSPS) is 10.3. The summed E-state index contributed by atoms with van der Waals surface area (Å²) in [5.41, 5.74) is 3.02. The molecule has 5 heteroatoms. The summed E-state index contributed by atoms with van der Waals surface area (Å²) in [5, 5.41) is 5.67. The smallest absolute Gasteiger partial charge is 0.319 e. The van der Waals surface area contributed by atoms with E-state index in [1.165, 1.54) is 17.7 Å². The third kappa shape index (κ3) is 5.91. The van der Waals surface area contributed by atoms with Crippen LogP contribution in [0.4, 0.5) is 14.9 Å². The number of carbonyl (C=O) groups is 1. The molecule has 0 saturated carbocycles. The molecule has 0 aromatic heterocycles. The van der Waals surface area contributed by atoms with Gasteiger partial charge in [0.25, 0.3) is 0 Å². The van der Waals surface area contributed by atoms with E-state index in [4.69, 9.17) is 4.74 Å². The van der Waals surface area contributed by atoms with Gasteiger partial charge in [-0.3, -0.25) is 0 Å². The molecule has 0 atom stereocenters. The molecule has 0 saturated heterocycles. The van der Waals surface area contributed by atoms with Gasteiger partial charge in [0, 0.05) is 12.2 Å². The number of hydrogen-bond acceptors (Lipinski definition) is 2. The number of urea groups is 1. The predicted molar refractivity (Wildman–Crippen MR) is 94.1 cm³/mol. The van der Waals surface area contributed by atoms with Gasteiger partial charge in [-0.15, -0.1) is 0 Å². The Morgan fingerprint density at radius 2 is 1.83 bits per heavy atom. The zero-order valence-corrected chi connectivity index (χ0v) is 14.1. The van der Waals surface area contributed by atoms with Crippen molar-refractivity contribution < 1.29 is 13.9 Å². The van der Waals surface area contributed by atoms with E-state index in [9.17, 15) is 9.18 Å². The maximum Gasteiger partial charge on any atom is 0.319 e. The number of benzene rings is 2. The van der Waals surface area contributed by atoms with Crippen LogP contribution in [0.25, 0.3) is 0 Å². The van der Waals surface area contributed by atoms with Crippen molar-refractivity contribution in [2.75, 3.05) is 18.5 Å². The lowest BCUT2D eigenvalue weighted by Crippen LogP contribution is -2.30. The molecule has 0 spiro atoms. The molecule has 0 fully saturated rings. The van der Waals surface area contributed by atoms with Crippen LogP contribution in [-0.2, 0) is 0 Å². The molecule has 2 aromatic carbocycles. The number of ether oxygens (including phenoxy) is 1. The van der Waals surface area contributed by atoms with Gasteiger partial charge >= 0.3 is 6.03 Å². The van der Waals surface area contributed by atoms with Crippen molar-refractivity contribution in [3.63, 3.8) is 0 Å². The topological polar surface area (TPSA) is 50.4 Å².